The molecule has 0 bridgehead atoms. The van der Waals surface area contributed by atoms with Gasteiger partial charge in [-0.05, 0) is 50.1 Å². The number of carbonyl (C=O) groups is 1. The molecule has 1 fully saturated rings. The number of amides is 1. The third-order valence-electron chi connectivity index (χ3n) is 5.46. The van der Waals surface area contributed by atoms with Crippen molar-refractivity contribution in [2.45, 2.75) is 20.8 Å². The number of hydrogen-bond donors (Lipinski definition) is 1. The first-order valence-corrected chi connectivity index (χ1v) is 11.0. The minimum Gasteiger partial charge on any atom is -0.351 e. The number of aromatic nitrogens is 1. The monoisotopic (exact) mass is 408 g/mol. The van der Waals surface area contributed by atoms with Crippen LogP contribution < -0.4 is 10.2 Å². The van der Waals surface area contributed by atoms with Crippen LogP contribution >= 0.6 is 11.3 Å². The van der Waals surface area contributed by atoms with E-state index in [9.17, 15) is 4.79 Å². The van der Waals surface area contributed by atoms with Crippen LogP contribution in [0.25, 0.3) is 10.2 Å². The molecule has 5 nitrogen and oxygen atoms in total. The van der Waals surface area contributed by atoms with Gasteiger partial charge in [-0.25, -0.2) is 4.98 Å². The Bertz CT molecular complexity index is 1020. The van der Waals surface area contributed by atoms with Gasteiger partial charge in [0.15, 0.2) is 5.13 Å². The van der Waals surface area contributed by atoms with E-state index in [1.165, 1.54) is 15.8 Å². The third-order valence-corrected chi connectivity index (χ3v) is 6.52. The van der Waals surface area contributed by atoms with Gasteiger partial charge in [-0.1, -0.05) is 35.1 Å². The van der Waals surface area contributed by atoms with Gasteiger partial charge in [0, 0.05) is 44.8 Å². The molecule has 1 aromatic heterocycles. The molecule has 1 N–H and O–H groups in total. The Labute approximate surface area is 176 Å². The summed E-state index contributed by atoms with van der Waals surface area (Å²) >= 11 is 1.79. The minimum atomic E-state index is 0.00692. The summed E-state index contributed by atoms with van der Waals surface area (Å²) in [6, 6.07) is 12.2. The Kier molecular flexibility index (Phi) is 5.83. The van der Waals surface area contributed by atoms with Crippen molar-refractivity contribution in [3.63, 3.8) is 0 Å². The molecule has 0 saturated carbocycles. The molecule has 0 radical (unpaired) electrons. The molecule has 29 heavy (non-hydrogen) atoms. The van der Waals surface area contributed by atoms with Crippen molar-refractivity contribution < 1.29 is 4.79 Å². The van der Waals surface area contributed by atoms with Crippen LogP contribution in [0, 0.1) is 20.8 Å². The maximum Gasteiger partial charge on any atom is 0.251 e. The lowest BCUT2D eigenvalue weighted by Gasteiger charge is -2.34. The Morgan fingerprint density at radius 2 is 1.86 bits per heavy atom. The number of piperazine rings is 1. The second kappa shape index (κ2) is 8.51. The quantitative estimate of drug-likeness (QED) is 0.698. The van der Waals surface area contributed by atoms with E-state index in [0.29, 0.717) is 6.54 Å². The lowest BCUT2D eigenvalue weighted by molar-refractivity contribution is 0.0947. The molecule has 2 aromatic carbocycles. The van der Waals surface area contributed by atoms with E-state index in [4.69, 9.17) is 4.98 Å². The lowest BCUT2D eigenvalue weighted by atomic mass is 10.1. The Hall–Kier alpha value is -2.44. The van der Waals surface area contributed by atoms with Gasteiger partial charge in [-0.2, -0.15) is 0 Å². The van der Waals surface area contributed by atoms with Crippen molar-refractivity contribution in [1.82, 2.24) is 15.2 Å². The van der Waals surface area contributed by atoms with Crippen molar-refractivity contribution in [2.75, 3.05) is 44.2 Å². The topological polar surface area (TPSA) is 48.5 Å². The summed E-state index contributed by atoms with van der Waals surface area (Å²) in [5.74, 6) is 0.00692. The Balaban J connectivity index is 1.27. The third kappa shape index (κ3) is 4.60. The van der Waals surface area contributed by atoms with Crippen LogP contribution in [0.4, 0.5) is 5.13 Å². The van der Waals surface area contributed by atoms with Gasteiger partial charge in [-0.3, -0.25) is 9.69 Å². The van der Waals surface area contributed by atoms with E-state index in [1.807, 2.05) is 31.2 Å². The van der Waals surface area contributed by atoms with Crippen molar-refractivity contribution in [3.8, 4) is 0 Å². The molecule has 2 heterocycles. The van der Waals surface area contributed by atoms with Gasteiger partial charge < -0.3 is 10.2 Å². The van der Waals surface area contributed by atoms with E-state index < -0.39 is 0 Å². The first-order valence-electron chi connectivity index (χ1n) is 10.2. The van der Waals surface area contributed by atoms with Gasteiger partial charge in [0.25, 0.3) is 5.91 Å². The van der Waals surface area contributed by atoms with E-state index in [1.54, 1.807) is 11.3 Å². The molecular weight excluding hydrogens is 380 g/mol. The Morgan fingerprint density at radius 3 is 2.62 bits per heavy atom. The van der Waals surface area contributed by atoms with Crippen molar-refractivity contribution in [1.29, 1.82) is 0 Å². The molecule has 6 heteroatoms. The zero-order valence-corrected chi connectivity index (χ0v) is 18.2. The molecule has 0 spiro atoms. The van der Waals surface area contributed by atoms with E-state index in [0.717, 1.165) is 54.5 Å². The molecule has 4 rings (SSSR count). The predicted octanol–water partition coefficient (Wildman–Crippen LogP) is 3.77. The fraction of sp³-hybridized carbons (Fsp3) is 0.391. The number of nitrogens with one attached hydrogen (secondary N) is 1. The predicted molar refractivity (Wildman–Crippen MR) is 121 cm³/mol. The fourth-order valence-corrected chi connectivity index (χ4v) is 5.07. The summed E-state index contributed by atoms with van der Waals surface area (Å²) < 4.78 is 1.28. The zero-order chi connectivity index (χ0) is 20.4. The van der Waals surface area contributed by atoms with E-state index >= 15 is 0 Å². The molecule has 0 unspecified atom stereocenters. The molecule has 1 aliphatic rings. The van der Waals surface area contributed by atoms with Gasteiger partial charge in [0.2, 0.25) is 0 Å². The summed E-state index contributed by atoms with van der Waals surface area (Å²) in [5, 5.41) is 4.17. The standard InChI is InChI=1S/C23H28N4OS/c1-16-5-4-6-19(14-16)22(28)24-7-8-26-9-11-27(12-10-26)23-25-21-18(3)13-17(2)15-20(21)29-23/h4-6,13-15H,7-12H2,1-3H3,(H,24,28). The number of rotatable bonds is 5. The minimum absolute atomic E-state index is 0.00692. The van der Waals surface area contributed by atoms with Crippen LogP contribution in [0.5, 0.6) is 0 Å². The number of anilines is 1. The summed E-state index contributed by atoms with van der Waals surface area (Å²) in [6.45, 7) is 11.8. The first kappa shape index (κ1) is 19.9. The van der Waals surface area contributed by atoms with Crippen molar-refractivity contribution >= 4 is 32.6 Å². The van der Waals surface area contributed by atoms with Crippen molar-refractivity contribution in [3.05, 3.63) is 58.7 Å². The smallest absolute Gasteiger partial charge is 0.251 e. The van der Waals surface area contributed by atoms with Crippen LogP contribution in [0.3, 0.4) is 0 Å². The SMILES string of the molecule is Cc1cccc(C(=O)NCCN2CCN(c3nc4c(C)cc(C)cc4s3)CC2)c1. The molecule has 1 saturated heterocycles. The zero-order valence-electron chi connectivity index (χ0n) is 17.4. The first-order chi connectivity index (χ1) is 14.0. The average molecular weight is 409 g/mol. The highest BCUT2D eigenvalue weighted by Gasteiger charge is 2.20. The number of carbonyl (C=O) groups excluding carboxylic acids is 1. The molecule has 3 aromatic rings. The number of hydrogen-bond acceptors (Lipinski definition) is 5. The highest BCUT2D eigenvalue weighted by Crippen LogP contribution is 2.32. The second-order valence-corrected chi connectivity index (χ2v) is 8.89. The summed E-state index contributed by atoms with van der Waals surface area (Å²) in [7, 11) is 0. The van der Waals surface area contributed by atoms with E-state index in [2.05, 4.69) is 41.1 Å². The summed E-state index contributed by atoms with van der Waals surface area (Å²) in [5.41, 5.74) is 5.52. The molecule has 1 amide bonds. The average Bonchev–Trinajstić information content (AvgIpc) is 3.13. The molecule has 1 aliphatic heterocycles. The number of aryl methyl sites for hydroxylation is 3. The molecule has 0 aliphatic carbocycles. The summed E-state index contributed by atoms with van der Waals surface area (Å²) in [4.78, 5) is 22.0. The number of thiazole rings is 1. The maximum atomic E-state index is 12.3. The number of nitrogens with zero attached hydrogens (tertiary/aromatic N) is 3. The second-order valence-electron chi connectivity index (χ2n) is 7.88. The van der Waals surface area contributed by atoms with Crippen LogP contribution in [-0.4, -0.2) is 55.1 Å². The van der Waals surface area contributed by atoms with Crippen LogP contribution in [0.2, 0.25) is 0 Å². The fourth-order valence-electron chi connectivity index (χ4n) is 3.87. The van der Waals surface area contributed by atoms with Gasteiger partial charge in [-0.15, -0.1) is 0 Å². The molecule has 0 atom stereocenters. The number of benzene rings is 2. The highest BCUT2D eigenvalue weighted by atomic mass is 32.1. The Morgan fingerprint density at radius 1 is 1.07 bits per heavy atom. The largest absolute Gasteiger partial charge is 0.351 e. The molecule has 152 valence electrons. The van der Waals surface area contributed by atoms with Crippen LogP contribution in [-0.2, 0) is 0 Å². The van der Waals surface area contributed by atoms with Gasteiger partial charge >= 0.3 is 0 Å². The summed E-state index contributed by atoms with van der Waals surface area (Å²) in [6.07, 6.45) is 0. The lowest BCUT2D eigenvalue weighted by Crippen LogP contribution is -2.48. The van der Waals surface area contributed by atoms with Crippen LogP contribution in [0.15, 0.2) is 36.4 Å². The van der Waals surface area contributed by atoms with Crippen LogP contribution in [0.1, 0.15) is 27.0 Å². The molecular formula is C23H28N4OS. The maximum absolute atomic E-state index is 12.3. The van der Waals surface area contributed by atoms with Gasteiger partial charge in [0.05, 0.1) is 10.2 Å². The van der Waals surface area contributed by atoms with E-state index in [-0.39, 0.29) is 5.91 Å². The van der Waals surface area contributed by atoms with Gasteiger partial charge in [0.1, 0.15) is 0 Å². The van der Waals surface area contributed by atoms with Crippen molar-refractivity contribution in [2.24, 2.45) is 0 Å². The number of fused-ring (bicyclic) bond motifs is 1. The normalized spacial score (nSPS) is 15.1. The highest BCUT2D eigenvalue weighted by molar-refractivity contribution is 7.22.